The fraction of sp³-hybridized carbons (Fsp3) is 0.450. The summed E-state index contributed by atoms with van der Waals surface area (Å²) in [5, 5.41) is 9.82. The Morgan fingerprint density at radius 1 is 1.00 bits per heavy atom. The molecule has 2 amide bonds. The van der Waals surface area contributed by atoms with Gasteiger partial charge in [0.1, 0.15) is 5.76 Å². The normalized spacial score (nSPS) is 16.3. The highest BCUT2D eigenvalue weighted by atomic mass is 16.5. The Bertz CT molecular complexity index is 789. The Balaban J connectivity index is 1.20. The number of nitrogens with one attached hydrogen (secondary N) is 2. The van der Waals surface area contributed by atoms with Crippen molar-refractivity contribution in [1.29, 1.82) is 0 Å². The second-order valence-electron chi connectivity index (χ2n) is 7.26. The van der Waals surface area contributed by atoms with E-state index in [1.807, 2.05) is 30.3 Å². The Kier molecular flexibility index (Phi) is 4.73. The second kappa shape index (κ2) is 7.32. The maximum Gasteiger partial charge on any atom is 0.226 e. The van der Waals surface area contributed by atoms with E-state index in [4.69, 9.17) is 4.52 Å². The van der Waals surface area contributed by atoms with E-state index in [2.05, 4.69) is 15.8 Å². The van der Waals surface area contributed by atoms with Crippen molar-refractivity contribution in [2.45, 2.75) is 51.1 Å². The van der Waals surface area contributed by atoms with E-state index in [1.54, 1.807) is 0 Å². The Labute approximate surface area is 152 Å². The lowest BCUT2D eigenvalue weighted by Gasteiger charge is -2.07. The van der Waals surface area contributed by atoms with Gasteiger partial charge >= 0.3 is 0 Å². The van der Waals surface area contributed by atoms with Crippen LogP contribution in [-0.2, 0) is 29.1 Å². The zero-order valence-electron chi connectivity index (χ0n) is 14.7. The van der Waals surface area contributed by atoms with Gasteiger partial charge in [-0.25, -0.2) is 0 Å². The largest absolute Gasteiger partial charge is 0.361 e. The molecule has 2 saturated carbocycles. The van der Waals surface area contributed by atoms with Crippen LogP contribution in [0.2, 0.25) is 0 Å². The summed E-state index contributed by atoms with van der Waals surface area (Å²) in [6, 6.07) is 9.80. The molecule has 2 N–H and O–H groups in total. The number of hydrogen-bond acceptors (Lipinski definition) is 4. The predicted octanol–water partition coefficient (Wildman–Crippen LogP) is 2.44. The smallest absolute Gasteiger partial charge is 0.226 e. The van der Waals surface area contributed by atoms with E-state index in [-0.39, 0.29) is 24.2 Å². The van der Waals surface area contributed by atoms with Crippen LogP contribution < -0.4 is 10.6 Å². The van der Waals surface area contributed by atoms with Gasteiger partial charge in [0.05, 0.1) is 12.1 Å². The number of rotatable bonds is 8. The number of carbonyl (C=O) groups excluding carboxylic acids is 2. The molecule has 136 valence electrons. The standard InChI is InChI=1S/C20H23N3O3/c24-19(10-17-9-18(26-23-17)15-5-6-15)21-11-13-1-3-14(4-2-13)12-22-20(25)16-7-8-16/h1-4,9,15-16H,5-8,10-12H2,(H,21,24)(H,22,25). The second-order valence-corrected chi connectivity index (χ2v) is 7.26. The highest BCUT2D eigenvalue weighted by Crippen LogP contribution is 2.40. The minimum atomic E-state index is -0.0681. The van der Waals surface area contributed by atoms with Gasteiger partial charge in [0.25, 0.3) is 0 Å². The molecule has 2 fully saturated rings. The average Bonchev–Trinajstić information content (AvgIpc) is 3.57. The maximum atomic E-state index is 12.1. The summed E-state index contributed by atoms with van der Waals surface area (Å²) in [6.45, 7) is 1.03. The number of nitrogens with zero attached hydrogens (tertiary/aromatic N) is 1. The van der Waals surface area contributed by atoms with Gasteiger partial charge in [0.2, 0.25) is 11.8 Å². The van der Waals surface area contributed by atoms with Gasteiger partial charge < -0.3 is 15.2 Å². The zero-order chi connectivity index (χ0) is 17.9. The molecular formula is C20H23N3O3. The number of benzene rings is 1. The molecule has 6 nitrogen and oxygen atoms in total. The van der Waals surface area contributed by atoms with Crippen LogP contribution in [0, 0.1) is 5.92 Å². The molecule has 6 heteroatoms. The van der Waals surface area contributed by atoms with Crippen LogP contribution >= 0.6 is 0 Å². The lowest BCUT2D eigenvalue weighted by Crippen LogP contribution is -2.25. The SMILES string of the molecule is O=C(Cc1cc(C2CC2)on1)NCc1ccc(CNC(=O)C2CC2)cc1. The lowest BCUT2D eigenvalue weighted by atomic mass is 10.1. The molecule has 0 spiro atoms. The third-order valence-corrected chi connectivity index (χ3v) is 4.83. The summed E-state index contributed by atoms with van der Waals surface area (Å²) in [6.07, 6.45) is 4.57. The Morgan fingerprint density at radius 3 is 2.27 bits per heavy atom. The highest BCUT2D eigenvalue weighted by molar-refractivity contribution is 5.80. The third-order valence-electron chi connectivity index (χ3n) is 4.83. The molecular weight excluding hydrogens is 330 g/mol. The molecule has 0 radical (unpaired) electrons. The molecule has 0 bridgehead atoms. The van der Waals surface area contributed by atoms with Crippen molar-refractivity contribution >= 4 is 11.8 Å². The van der Waals surface area contributed by atoms with Gasteiger partial charge in [0, 0.05) is 31.0 Å². The first-order valence-electron chi connectivity index (χ1n) is 9.25. The summed E-state index contributed by atoms with van der Waals surface area (Å²) in [7, 11) is 0. The average molecular weight is 353 g/mol. The van der Waals surface area contributed by atoms with Crippen molar-refractivity contribution in [1.82, 2.24) is 15.8 Å². The molecule has 0 saturated heterocycles. The van der Waals surface area contributed by atoms with E-state index < -0.39 is 0 Å². The lowest BCUT2D eigenvalue weighted by molar-refractivity contribution is -0.122. The predicted molar refractivity (Wildman–Crippen MR) is 95.0 cm³/mol. The number of aromatic nitrogens is 1. The van der Waals surface area contributed by atoms with E-state index in [0.29, 0.717) is 24.7 Å². The van der Waals surface area contributed by atoms with Crippen LogP contribution in [0.3, 0.4) is 0 Å². The number of carbonyl (C=O) groups is 2. The van der Waals surface area contributed by atoms with Crippen molar-refractivity contribution in [3.05, 3.63) is 52.9 Å². The first-order valence-corrected chi connectivity index (χ1v) is 9.25. The summed E-state index contributed by atoms with van der Waals surface area (Å²) in [5.41, 5.74) is 2.77. The molecule has 2 aliphatic carbocycles. The molecule has 0 unspecified atom stereocenters. The van der Waals surface area contributed by atoms with Gasteiger partial charge in [-0.3, -0.25) is 9.59 Å². The first-order chi connectivity index (χ1) is 12.7. The monoisotopic (exact) mass is 353 g/mol. The molecule has 2 aromatic rings. The van der Waals surface area contributed by atoms with Gasteiger partial charge in [-0.15, -0.1) is 0 Å². The van der Waals surface area contributed by atoms with Crippen LogP contribution in [0.1, 0.15) is 54.2 Å². The molecule has 4 rings (SSSR count). The quantitative estimate of drug-likeness (QED) is 0.763. The summed E-state index contributed by atoms with van der Waals surface area (Å²) < 4.78 is 5.26. The molecule has 2 aliphatic rings. The van der Waals surface area contributed by atoms with Crippen LogP contribution in [0.25, 0.3) is 0 Å². The van der Waals surface area contributed by atoms with Gasteiger partial charge in [-0.1, -0.05) is 29.4 Å². The van der Waals surface area contributed by atoms with Crippen LogP contribution in [0.15, 0.2) is 34.9 Å². The molecule has 0 atom stereocenters. The summed E-state index contributed by atoms with van der Waals surface area (Å²) >= 11 is 0. The zero-order valence-corrected chi connectivity index (χ0v) is 14.7. The molecule has 26 heavy (non-hydrogen) atoms. The topological polar surface area (TPSA) is 84.2 Å². The summed E-state index contributed by atoms with van der Waals surface area (Å²) in [4.78, 5) is 23.7. The van der Waals surface area contributed by atoms with Crippen LogP contribution in [-0.4, -0.2) is 17.0 Å². The Hall–Kier alpha value is -2.63. The van der Waals surface area contributed by atoms with Gasteiger partial charge in [0.15, 0.2) is 0 Å². The molecule has 1 aromatic heterocycles. The van der Waals surface area contributed by atoms with Gasteiger partial charge in [-0.2, -0.15) is 0 Å². The fourth-order valence-electron chi connectivity index (χ4n) is 2.85. The fourth-order valence-corrected chi connectivity index (χ4v) is 2.85. The third kappa shape index (κ3) is 4.50. The molecule has 1 heterocycles. The van der Waals surface area contributed by atoms with Crippen molar-refractivity contribution in [2.24, 2.45) is 5.92 Å². The van der Waals surface area contributed by atoms with Gasteiger partial charge in [-0.05, 0) is 36.8 Å². The van der Waals surface area contributed by atoms with Crippen molar-refractivity contribution in [2.75, 3.05) is 0 Å². The molecule has 0 aliphatic heterocycles. The number of amides is 2. The van der Waals surface area contributed by atoms with E-state index in [0.717, 1.165) is 42.6 Å². The summed E-state index contributed by atoms with van der Waals surface area (Å²) in [5.74, 6) is 1.72. The Morgan fingerprint density at radius 2 is 1.65 bits per heavy atom. The minimum absolute atomic E-state index is 0.0681. The van der Waals surface area contributed by atoms with E-state index >= 15 is 0 Å². The van der Waals surface area contributed by atoms with Crippen molar-refractivity contribution in [3.63, 3.8) is 0 Å². The van der Waals surface area contributed by atoms with Crippen molar-refractivity contribution in [3.8, 4) is 0 Å². The first kappa shape index (κ1) is 16.8. The minimum Gasteiger partial charge on any atom is -0.361 e. The highest BCUT2D eigenvalue weighted by Gasteiger charge is 2.29. The van der Waals surface area contributed by atoms with E-state index in [1.165, 1.54) is 0 Å². The molecule has 1 aromatic carbocycles. The van der Waals surface area contributed by atoms with E-state index in [9.17, 15) is 9.59 Å². The van der Waals surface area contributed by atoms with Crippen LogP contribution in [0.4, 0.5) is 0 Å². The van der Waals surface area contributed by atoms with Crippen LogP contribution in [0.5, 0.6) is 0 Å². The van der Waals surface area contributed by atoms with Crippen molar-refractivity contribution < 1.29 is 14.1 Å². The maximum absolute atomic E-state index is 12.1. The number of hydrogen-bond donors (Lipinski definition) is 2.